The Morgan fingerprint density at radius 2 is 2.12 bits per heavy atom. The van der Waals surface area contributed by atoms with Crippen molar-refractivity contribution in [2.75, 3.05) is 0 Å². The Morgan fingerprint density at radius 3 is 2.82 bits per heavy atom. The molecular weight excluding hydrogens is 216 g/mol. The van der Waals surface area contributed by atoms with Crippen molar-refractivity contribution in [3.8, 4) is 0 Å². The first-order valence-electron chi connectivity index (χ1n) is 5.42. The van der Waals surface area contributed by atoms with E-state index in [1.807, 2.05) is 22.8 Å². The number of aromatic nitrogens is 2. The van der Waals surface area contributed by atoms with Gasteiger partial charge >= 0.3 is 5.97 Å². The molecule has 4 nitrogen and oxygen atoms in total. The van der Waals surface area contributed by atoms with E-state index < -0.39 is 0 Å². The van der Waals surface area contributed by atoms with Crippen LogP contribution in [0.25, 0.3) is 0 Å². The van der Waals surface area contributed by atoms with Crippen LogP contribution >= 0.6 is 0 Å². The maximum Gasteiger partial charge on any atom is 0.303 e. The second-order valence-electron chi connectivity index (χ2n) is 3.78. The van der Waals surface area contributed by atoms with E-state index >= 15 is 0 Å². The molecule has 1 heterocycles. The number of ether oxygens (including phenoxy) is 1. The summed E-state index contributed by atoms with van der Waals surface area (Å²) in [6, 6.07) is 10.1. The number of nitrogens with zero attached hydrogens (tertiary/aromatic N) is 2. The Morgan fingerprint density at radius 1 is 1.35 bits per heavy atom. The van der Waals surface area contributed by atoms with Crippen LogP contribution in [-0.2, 0) is 22.7 Å². The molecule has 0 N–H and O–H groups in total. The van der Waals surface area contributed by atoms with Crippen molar-refractivity contribution in [3.05, 3.63) is 54.1 Å². The summed E-state index contributed by atoms with van der Waals surface area (Å²) >= 11 is 0. The number of hydrogen-bond donors (Lipinski definition) is 0. The van der Waals surface area contributed by atoms with Crippen LogP contribution in [0, 0.1) is 0 Å². The van der Waals surface area contributed by atoms with E-state index in [0.717, 1.165) is 12.2 Å². The molecule has 2 rings (SSSR count). The Hall–Kier alpha value is -2.10. The summed E-state index contributed by atoms with van der Waals surface area (Å²) in [6.45, 7) is 2.40. The first kappa shape index (κ1) is 11.4. The third-order valence-corrected chi connectivity index (χ3v) is 2.42. The van der Waals surface area contributed by atoms with Crippen LogP contribution < -0.4 is 0 Å². The molecule has 1 aromatic carbocycles. The predicted octanol–water partition coefficient (Wildman–Crippen LogP) is 1.99. The van der Waals surface area contributed by atoms with Gasteiger partial charge in [-0.05, 0) is 5.56 Å². The zero-order chi connectivity index (χ0) is 12.1. The van der Waals surface area contributed by atoms with E-state index in [1.54, 1.807) is 12.5 Å². The highest BCUT2D eigenvalue weighted by Gasteiger charge is 2.04. The van der Waals surface area contributed by atoms with E-state index in [4.69, 9.17) is 4.74 Å². The summed E-state index contributed by atoms with van der Waals surface area (Å²) in [4.78, 5) is 14.8. The highest BCUT2D eigenvalue weighted by Crippen LogP contribution is 2.07. The zero-order valence-corrected chi connectivity index (χ0v) is 9.67. The molecular formula is C13H14N2O2. The lowest BCUT2D eigenvalue weighted by Crippen LogP contribution is -2.06. The van der Waals surface area contributed by atoms with Gasteiger partial charge < -0.3 is 9.30 Å². The molecule has 0 aliphatic carbocycles. The van der Waals surface area contributed by atoms with E-state index in [9.17, 15) is 4.79 Å². The molecule has 0 aliphatic rings. The van der Waals surface area contributed by atoms with Crippen LogP contribution in [0.1, 0.15) is 18.2 Å². The predicted molar refractivity (Wildman–Crippen MR) is 63.2 cm³/mol. The Balaban J connectivity index is 2.06. The average molecular weight is 230 g/mol. The third kappa shape index (κ3) is 3.17. The molecule has 1 aromatic heterocycles. The second-order valence-corrected chi connectivity index (χ2v) is 3.78. The Labute approximate surface area is 99.9 Å². The van der Waals surface area contributed by atoms with Crippen molar-refractivity contribution < 1.29 is 9.53 Å². The summed E-state index contributed by atoms with van der Waals surface area (Å²) in [5.74, 6) is -0.280. The zero-order valence-electron chi connectivity index (χ0n) is 9.67. The molecule has 0 aliphatic heterocycles. The topological polar surface area (TPSA) is 44.1 Å². The fourth-order valence-electron chi connectivity index (χ4n) is 1.57. The smallest absolute Gasteiger partial charge is 0.303 e. The highest BCUT2D eigenvalue weighted by atomic mass is 16.5. The van der Waals surface area contributed by atoms with E-state index in [0.29, 0.717) is 0 Å². The first-order valence-corrected chi connectivity index (χ1v) is 5.42. The van der Waals surface area contributed by atoms with Crippen LogP contribution in [-0.4, -0.2) is 15.5 Å². The molecule has 0 bridgehead atoms. The van der Waals surface area contributed by atoms with Gasteiger partial charge in [0.2, 0.25) is 0 Å². The molecule has 0 atom stereocenters. The van der Waals surface area contributed by atoms with Crippen molar-refractivity contribution >= 4 is 5.97 Å². The van der Waals surface area contributed by atoms with E-state index in [1.165, 1.54) is 12.5 Å². The van der Waals surface area contributed by atoms with Crippen molar-refractivity contribution in [2.45, 2.75) is 20.1 Å². The van der Waals surface area contributed by atoms with Gasteiger partial charge in [-0.15, -0.1) is 0 Å². The van der Waals surface area contributed by atoms with Crippen molar-refractivity contribution in [2.24, 2.45) is 0 Å². The van der Waals surface area contributed by atoms with Crippen molar-refractivity contribution in [3.63, 3.8) is 0 Å². The molecule has 17 heavy (non-hydrogen) atoms. The van der Waals surface area contributed by atoms with E-state index in [2.05, 4.69) is 17.1 Å². The van der Waals surface area contributed by atoms with Gasteiger partial charge in [0.15, 0.2) is 0 Å². The summed E-state index contributed by atoms with van der Waals surface area (Å²) < 4.78 is 6.94. The molecule has 0 saturated heterocycles. The minimum atomic E-state index is -0.280. The Bertz CT molecular complexity index is 491. The molecule has 0 spiro atoms. The lowest BCUT2D eigenvalue weighted by atomic mass is 10.2. The number of rotatable bonds is 4. The van der Waals surface area contributed by atoms with Gasteiger partial charge in [0.1, 0.15) is 6.61 Å². The maximum absolute atomic E-state index is 10.8. The van der Waals surface area contributed by atoms with Gasteiger partial charge in [0.25, 0.3) is 0 Å². The SMILES string of the molecule is CC(=O)OCc1cncn1Cc1ccccc1. The molecule has 0 radical (unpaired) electrons. The number of benzene rings is 1. The molecule has 0 amide bonds. The van der Waals surface area contributed by atoms with Crippen LogP contribution in [0.5, 0.6) is 0 Å². The van der Waals surface area contributed by atoms with Gasteiger partial charge in [-0.25, -0.2) is 4.98 Å². The minimum Gasteiger partial charge on any atom is -0.459 e. The normalized spacial score (nSPS) is 10.2. The molecule has 0 fully saturated rings. The second kappa shape index (κ2) is 5.30. The summed E-state index contributed by atoms with van der Waals surface area (Å²) in [7, 11) is 0. The molecule has 88 valence electrons. The molecule has 2 aromatic rings. The van der Waals surface area contributed by atoms with Gasteiger partial charge in [-0.3, -0.25) is 4.79 Å². The lowest BCUT2D eigenvalue weighted by molar-refractivity contribution is -0.142. The van der Waals surface area contributed by atoms with Crippen LogP contribution in [0.15, 0.2) is 42.9 Å². The largest absolute Gasteiger partial charge is 0.459 e. The van der Waals surface area contributed by atoms with Gasteiger partial charge in [-0.2, -0.15) is 0 Å². The quantitative estimate of drug-likeness (QED) is 0.754. The average Bonchev–Trinajstić information content (AvgIpc) is 2.75. The molecule has 0 saturated carbocycles. The maximum atomic E-state index is 10.8. The van der Waals surface area contributed by atoms with Crippen molar-refractivity contribution in [1.29, 1.82) is 0 Å². The van der Waals surface area contributed by atoms with Crippen LogP contribution in [0.4, 0.5) is 0 Å². The number of imidazole rings is 1. The molecule has 0 unspecified atom stereocenters. The van der Waals surface area contributed by atoms with E-state index in [-0.39, 0.29) is 12.6 Å². The number of esters is 1. The number of carbonyl (C=O) groups excluding carboxylic acids is 1. The van der Waals surface area contributed by atoms with Crippen LogP contribution in [0.2, 0.25) is 0 Å². The summed E-state index contributed by atoms with van der Waals surface area (Å²) in [5, 5.41) is 0. The van der Waals surface area contributed by atoms with Gasteiger partial charge in [0, 0.05) is 13.5 Å². The fourth-order valence-corrected chi connectivity index (χ4v) is 1.57. The van der Waals surface area contributed by atoms with Gasteiger partial charge in [0.05, 0.1) is 18.2 Å². The number of carbonyl (C=O) groups is 1. The highest BCUT2D eigenvalue weighted by molar-refractivity contribution is 5.65. The summed E-state index contributed by atoms with van der Waals surface area (Å²) in [5.41, 5.74) is 2.08. The lowest BCUT2D eigenvalue weighted by Gasteiger charge is -2.08. The van der Waals surface area contributed by atoms with Crippen LogP contribution in [0.3, 0.4) is 0 Å². The third-order valence-electron chi connectivity index (χ3n) is 2.42. The monoisotopic (exact) mass is 230 g/mol. The fraction of sp³-hybridized carbons (Fsp3) is 0.231. The van der Waals surface area contributed by atoms with Gasteiger partial charge in [-0.1, -0.05) is 30.3 Å². The number of hydrogen-bond acceptors (Lipinski definition) is 3. The summed E-state index contributed by atoms with van der Waals surface area (Å²) in [6.07, 6.45) is 3.46. The molecule has 4 heteroatoms. The minimum absolute atomic E-state index is 0.266. The standard InChI is InChI=1S/C13H14N2O2/c1-11(16)17-9-13-7-14-10-15(13)8-12-5-3-2-4-6-12/h2-7,10H,8-9H2,1H3. The first-order chi connectivity index (χ1) is 8.25. The Kier molecular flexibility index (Phi) is 3.55. The van der Waals surface area contributed by atoms with Crippen molar-refractivity contribution in [1.82, 2.24) is 9.55 Å².